The Morgan fingerprint density at radius 2 is 1.72 bits per heavy atom. The van der Waals surface area contributed by atoms with Gasteiger partial charge >= 0.3 is 0 Å². The molecule has 1 saturated heterocycles. The summed E-state index contributed by atoms with van der Waals surface area (Å²) in [5.74, 6) is 0. The molecule has 0 radical (unpaired) electrons. The van der Waals surface area contributed by atoms with Crippen LogP contribution < -0.4 is 5.32 Å². The van der Waals surface area contributed by atoms with Gasteiger partial charge in [-0.2, -0.15) is 0 Å². The minimum Gasteiger partial charge on any atom is -0.311 e. The molecule has 0 amide bonds. The predicted molar refractivity (Wildman–Crippen MR) is 81.1 cm³/mol. The van der Waals surface area contributed by atoms with Gasteiger partial charge in [-0.25, -0.2) is 0 Å². The monoisotopic (exact) mass is 254 g/mol. The van der Waals surface area contributed by atoms with Crippen LogP contribution in [0.2, 0.25) is 0 Å². The molecule has 0 saturated carbocycles. The topological polar surface area (TPSA) is 15.3 Å². The minimum absolute atomic E-state index is 0.404. The summed E-state index contributed by atoms with van der Waals surface area (Å²) in [6, 6.07) is 1.48. The van der Waals surface area contributed by atoms with Crippen molar-refractivity contribution in [2.24, 2.45) is 0 Å². The van der Waals surface area contributed by atoms with E-state index in [2.05, 4.69) is 44.8 Å². The van der Waals surface area contributed by atoms with E-state index >= 15 is 0 Å². The fourth-order valence-electron chi connectivity index (χ4n) is 3.65. The first-order valence-electron chi connectivity index (χ1n) is 8.17. The van der Waals surface area contributed by atoms with Crippen molar-refractivity contribution >= 4 is 0 Å². The van der Waals surface area contributed by atoms with E-state index in [1.165, 1.54) is 51.6 Å². The molecule has 1 atom stereocenters. The molecule has 108 valence electrons. The van der Waals surface area contributed by atoms with Gasteiger partial charge in [0.2, 0.25) is 0 Å². The van der Waals surface area contributed by atoms with Gasteiger partial charge in [0.1, 0.15) is 0 Å². The molecule has 0 aromatic rings. The average Bonchev–Trinajstić information content (AvgIpc) is 2.41. The number of nitrogens with zero attached hydrogens (tertiary/aromatic N) is 1. The normalized spacial score (nSPS) is 24.7. The van der Waals surface area contributed by atoms with Crippen molar-refractivity contribution < 1.29 is 0 Å². The highest BCUT2D eigenvalue weighted by Crippen LogP contribution is 2.31. The summed E-state index contributed by atoms with van der Waals surface area (Å²) in [4.78, 5) is 2.85. The van der Waals surface area contributed by atoms with Gasteiger partial charge in [0.25, 0.3) is 0 Å². The lowest BCUT2D eigenvalue weighted by Gasteiger charge is -2.53. The van der Waals surface area contributed by atoms with Crippen molar-refractivity contribution in [3.8, 4) is 0 Å². The van der Waals surface area contributed by atoms with E-state index in [9.17, 15) is 0 Å². The molecule has 0 aromatic heterocycles. The summed E-state index contributed by atoms with van der Waals surface area (Å²) in [6.07, 6.45) is 7.73. The SMILES string of the molecule is CCCC1CN(C(CC)CC)C(CC)(CC)CN1. The van der Waals surface area contributed by atoms with Gasteiger partial charge in [-0.15, -0.1) is 0 Å². The first-order chi connectivity index (χ1) is 8.67. The third-order valence-corrected chi connectivity index (χ3v) is 5.08. The third kappa shape index (κ3) is 3.27. The Balaban J connectivity index is 2.84. The first-order valence-corrected chi connectivity index (χ1v) is 8.17. The van der Waals surface area contributed by atoms with Gasteiger partial charge in [-0.1, -0.05) is 41.0 Å². The van der Waals surface area contributed by atoms with Crippen molar-refractivity contribution in [1.29, 1.82) is 0 Å². The number of hydrogen-bond acceptors (Lipinski definition) is 2. The van der Waals surface area contributed by atoms with Crippen LogP contribution in [-0.2, 0) is 0 Å². The van der Waals surface area contributed by atoms with E-state index in [1.807, 2.05) is 0 Å². The van der Waals surface area contributed by atoms with E-state index in [0.717, 1.165) is 6.04 Å². The van der Waals surface area contributed by atoms with Crippen LogP contribution in [0.4, 0.5) is 0 Å². The zero-order chi connectivity index (χ0) is 13.6. The molecule has 1 aliphatic heterocycles. The fourth-order valence-corrected chi connectivity index (χ4v) is 3.65. The second-order valence-electron chi connectivity index (χ2n) is 5.92. The van der Waals surface area contributed by atoms with Crippen molar-refractivity contribution in [2.75, 3.05) is 13.1 Å². The lowest BCUT2D eigenvalue weighted by molar-refractivity contribution is -0.00895. The summed E-state index contributed by atoms with van der Waals surface area (Å²) in [5, 5.41) is 3.80. The van der Waals surface area contributed by atoms with Gasteiger partial charge in [0.05, 0.1) is 0 Å². The van der Waals surface area contributed by atoms with Crippen LogP contribution in [0.1, 0.15) is 73.1 Å². The maximum atomic E-state index is 3.80. The summed E-state index contributed by atoms with van der Waals surface area (Å²) >= 11 is 0. The molecule has 0 bridgehead atoms. The Kier molecular flexibility index (Phi) is 6.65. The molecule has 0 spiro atoms. The summed E-state index contributed by atoms with van der Waals surface area (Å²) in [6.45, 7) is 14.2. The summed E-state index contributed by atoms with van der Waals surface area (Å²) in [5.41, 5.74) is 0.404. The maximum Gasteiger partial charge on any atom is 0.0332 e. The lowest BCUT2D eigenvalue weighted by atomic mass is 9.84. The smallest absolute Gasteiger partial charge is 0.0332 e. The van der Waals surface area contributed by atoms with Gasteiger partial charge in [0, 0.05) is 30.7 Å². The second kappa shape index (κ2) is 7.49. The fraction of sp³-hybridized carbons (Fsp3) is 1.00. The van der Waals surface area contributed by atoms with E-state index in [0.29, 0.717) is 11.6 Å². The molecule has 1 unspecified atom stereocenters. The van der Waals surface area contributed by atoms with Gasteiger partial charge < -0.3 is 5.32 Å². The summed E-state index contributed by atoms with van der Waals surface area (Å²) in [7, 11) is 0. The molecular weight excluding hydrogens is 220 g/mol. The third-order valence-electron chi connectivity index (χ3n) is 5.08. The largest absolute Gasteiger partial charge is 0.311 e. The number of piperazine rings is 1. The van der Waals surface area contributed by atoms with Crippen molar-refractivity contribution in [1.82, 2.24) is 10.2 Å². The molecule has 2 heteroatoms. The van der Waals surface area contributed by atoms with Crippen LogP contribution in [0.25, 0.3) is 0 Å². The average molecular weight is 254 g/mol. The molecule has 0 aromatic carbocycles. The maximum absolute atomic E-state index is 3.80. The predicted octanol–water partition coefficient (Wildman–Crippen LogP) is 3.81. The van der Waals surface area contributed by atoms with Crippen LogP contribution >= 0.6 is 0 Å². The highest BCUT2D eigenvalue weighted by molar-refractivity contribution is 4.99. The van der Waals surface area contributed by atoms with Crippen LogP contribution in [0, 0.1) is 0 Å². The second-order valence-corrected chi connectivity index (χ2v) is 5.92. The van der Waals surface area contributed by atoms with E-state index in [1.54, 1.807) is 0 Å². The van der Waals surface area contributed by atoms with Crippen LogP contribution in [0.15, 0.2) is 0 Å². The number of rotatable bonds is 7. The highest BCUT2D eigenvalue weighted by atomic mass is 15.3. The van der Waals surface area contributed by atoms with Gasteiger partial charge in [-0.3, -0.25) is 4.90 Å². The Labute approximate surface area is 115 Å². The first kappa shape index (κ1) is 16.0. The molecule has 18 heavy (non-hydrogen) atoms. The van der Waals surface area contributed by atoms with Gasteiger partial charge in [-0.05, 0) is 32.1 Å². The molecule has 1 fully saturated rings. The van der Waals surface area contributed by atoms with E-state index < -0.39 is 0 Å². The van der Waals surface area contributed by atoms with Gasteiger partial charge in [0.15, 0.2) is 0 Å². The molecule has 1 rings (SSSR count). The molecule has 1 aliphatic rings. The molecule has 1 heterocycles. The van der Waals surface area contributed by atoms with E-state index in [-0.39, 0.29) is 0 Å². The minimum atomic E-state index is 0.404. The van der Waals surface area contributed by atoms with E-state index in [4.69, 9.17) is 0 Å². The molecular formula is C16H34N2. The molecule has 0 aliphatic carbocycles. The van der Waals surface area contributed by atoms with Crippen LogP contribution in [-0.4, -0.2) is 35.6 Å². The highest BCUT2D eigenvalue weighted by Gasteiger charge is 2.40. The zero-order valence-electron chi connectivity index (χ0n) is 13.3. The Morgan fingerprint density at radius 1 is 1.11 bits per heavy atom. The lowest BCUT2D eigenvalue weighted by Crippen LogP contribution is -2.66. The number of nitrogens with one attached hydrogen (secondary N) is 1. The zero-order valence-corrected chi connectivity index (χ0v) is 13.3. The Hall–Kier alpha value is -0.0800. The standard InChI is InChI=1S/C16H34N2/c1-6-11-14-12-18(15(7-2)8-3)16(9-4,10-5)13-17-14/h14-15,17H,6-13H2,1-5H3. The Bertz CT molecular complexity index is 219. The van der Waals surface area contributed by atoms with Crippen molar-refractivity contribution in [3.05, 3.63) is 0 Å². The quantitative estimate of drug-likeness (QED) is 0.743. The molecule has 1 N–H and O–H groups in total. The number of hydrogen-bond donors (Lipinski definition) is 1. The van der Waals surface area contributed by atoms with Crippen LogP contribution in [0.3, 0.4) is 0 Å². The molecule has 2 nitrogen and oxygen atoms in total. The van der Waals surface area contributed by atoms with Crippen molar-refractivity contribution in [2.45, 2.75) is 90.8 Å². The summed E-state index contributed by atoms with van der Waals surface area (Å²) < 4.78 is 0. The van der Waals surface area contributed by atoms with Crippen molar-refractivity contribution in [3.63, 3.8) is 0 Å². The van der Waals surface area contributed by atoms with Crippen LogP contribution in [0.5, 0.6) is 0 Å². The Morgan fingerprint density at radius 3 is 2.17 bits per heavy atom.